The zero-order valence-electron chi connectivity index (χ0n) is 12.3. The van der Waals surface area contributed by atoms with Crippen LogP contribution in [0.15, 0.2) is 42.5 Å². The number of hydrogen-bond donors (Lipinski definition) is 2. The van der Waals surface area contributed by atoms with Crippen molar-refractivity contribution >= 4 is 17.3 Å². The molecule has 0 radical (unpaired) electrons. The molecule has 4 heteroatoms. The molecule has 0 heterocycles. The summed E-state index contributed by atoms with van der Waals surface area (Å²) in [5, 5.41) is 3.27. The molecule has 0 saturated carbocycles. The molecule has 0 fully saturated rings. The van der Waals surface area contributed by atoms with Crippen LogP contribution in [0.3, 0.4) is 0 Å². The van der Waals surface area contributed by atoms with E-state index >= 15 is 0 Å². The highest BCUT2D eigenvalue weighted by molar-refractivity contribution is 5.96. The largest absolute Gasteiger partial charge is 0.462 e. The Kier molecular flexibility index (Phi) is 4.82. The molecular formula is C17H20N2O2. The molecule has 0 saturated heterocycles. The predicted molar refractivity (Wildman–Crippen MR) is 85.3 cm³/mol. The lowest BCUT2D eigenvalue weighted by molar-refractivity contribution is 0.0527. The lowest BCUT2D eigenvalue weighted by atomic mass is 10.1. The molecule has 0 unspecified atom stereocenters. The maximum Gasteiger partial charge on any atom is 0.340 e. The summed E-state index contributed by atoms with van der Waals surface area (Å²) in [7, 11) is 0. The summed E-state index contributed by atoms with van der Waals surface area (Å²) in [6.45, 7) is 4.81. The Labute approximate surface area is 124 Å². The van der Waals surface area contributed by atoms with Crippen LogP contribution >= 0.6 is 0 Å². The van der Waals surface area contributed by atoms with E-state index in [0.29, 0.717) is 24.4 Å². The molecule has 2 aromatic carbocycles. The maximum atomic E-state index is 12.0. The van der Waals surface area contributed by atoms with Crippen LogP contribution in [0.2, 0.25) is 0 Å². The van der Waals surface area contributed by atoms with E-state index in [-0.39, 0.29) is 5.97 Å². The molecule has 3 N–H and O–H groups in total. The molecular weight excluding hydrogens is 264 g/mol. The minimum atomic E-state index is -0.364. The third-order valence-electron chi connectivity index (χ3n) is 3.10. The summed E-state index contributed by atoms with van der Waals surface area (Å²) < 4.78 is 5.06. The zero-order valence-corrected chi connectivity index (χ0v) is 12.3. The number of carbonyl (C=O) groups is 1. The minimum Gasteiger partial charge on any atom is -0.462 e. The lowest BCUT2D eigenvalue weighted by Gasteiger charge is -2.12. The van der Waals surface area contributed by atoms with Crippen molar-refractivity contribution in [2.75, 3.05) is 17.7 Å². The fraction of sp³-hybridized carbons (Fsp3) is 0.235. The first kappa shape index (κ1) is 14.9. The summed E-state index contributed by atoms with van der Waals surface area (Å²) in [6.07, 6.45) is 0. The predicted octanol–water partition coefficient (Wildman–Crippen LogP) is 3.37. The number of esters is 1. The first-order valence-electron chi connectivity index (χ1n) is 6.96. The Hall–Kier alpha value is -2.49. The van der Waals surface area contributed by atoms with E-state index in [1.807, 2.05) is 12.1 Å². The van der Waals surface area contributed by atoms with Crippen LogP contribution in [0.1, 0.15) is 28.4 Å². The van der Waals surface area contributed by atoms with Gasteiger partial charge in [-0.15, -0.1) is 0 Å². The molecule has 110 valence electrons. The zero-order chi connectivity index (χ0) is 15.2. The standard InChI is InChI=1S/C17H20N2O2/c1-3-21-17(20)15-10-14(18)7-8-16(15)19-11-13-6-4-5-12(2)9-13/h4-10,19H,3,11,18H2,1-2H3. The van der Waals surface area contributed by atoms with Crippen molar-refractivity contribution in [2.45, 2.75) is 20.4 Å². The molecule has 0 aliphatic carbocycles. The molecule has 21 heavy (non-hydrogen) atoms. The van der Waals surface area contributed by atoms with Gasteiger partial charge in [-0.2, -0.15) is 0 Å². The molecule has 4 nitrogen and oxygen atoms in total. The topological polar surface area (TPSA) is 64.3 Å². The average Bonchev–Trinajstić information content (AvgIpc) is 2.46. The fourth-order valence-corrected chi connectivity index (χ4v) is 2.11. The van der Waals surface area contributed by atoms with Gasteiger partial charge in [0.1, 0.15) is 0 Å². The van der Waals surface area contributed by atoms with Gasteiger partial charge in [0.25, 0.3) is 0 Å². The molecule has 0 aliphatic rings. The number of rotatable bonds is 5. The van der Waals surface area contributed by atoms with E-state index in [1.54, 1.807) is 25.1 Å². The monoisotopic (exact) mass is 284 g/mol. The highest BCUT2D eigenvalue weighted by Crippen LogP contribution is 2.21. The van der Waals surface area contributed by atoms with E-state index in [2.05, 4.69) is 24.4 Å². The van der Waals surface area contributed by atoms with Gasteiger partial charge in [-0.3, -0.25) is 0 Å². The third kappa shape index (κ3) is 3.99. The molecule has 0 aromatic heterocycles. The van der Waals surface area contributed by atoms with E-state index in [4.69, 9.17) is 10.5 Å². The summed E-state index contributed by atoms with van der Waals surface area (Å²) >= 11 is 0. The van der Waals surface area contributed by atoms with E-state index in [1.165, 1.54) is 5.56 Å². The molecule has 0 aliphatic heterocycles. The summed E-state index contributed by atoms with van der Waals surface area (Å²) in [5.74, 6) is -0.364. The number of benzene rings is 2. The van der Waals surface area contributed by atoms with Crippen LogP contribution in [0, 0.1) is 6.92 Å². The van der Waals surface area contributed by atoms with Crippen molar-refractivity contribution < 1.29 is 9.53 Å². The number of ether oxygens (including phenoxy) is 1. The van der Waals surface area contributed by atoms with Crippen molar-refractivity contribution in [3.8, 4) is 0 Å². The first-order valence-corrected chi connectivity index (χ1v) is 6.96. The Morgan fingerprint density at radius 3 is 2.76 bits per heavy atom. The molecule has 2 aromatic rings. The van der Waals surface area contributed by atoms with Crippen LogP contribution in [0.4, 0.5) is 11.4 Å². The van der Waals surface area contributed by atoms with Gasteiger partial charge in [-0.05, 0) is 37.6 Å². The van der Waals surface area contributed by atoms with E-state index < -0.39 is 0 Å². The van der Waals surface area contributed by atoms with Crippen LogP contribution in [0.5, 0.6) is 0 Å². The lowest BCUT2D eigenvalue weighted by Crippen LogP contribution is -2.10. The van der Waals surface area contributed by atoms with Gasteiger partial charge < -0.3 is 15.8 Å². The Morgan fingerprint density at radius 1 is 1.24 bits per heavy atom. The number of nitrogen functional groups attached to an aromatic ring is 1. The molecule has 2 rings (SSSR count). The van der Waals surface area contributed by atoms with Gasteiger partial charge in [0.2, 0.25) is 0 Å². The number of anilines is 2. The van der Waals surface area contributed by atoms with Crippen molar-refractivity contribution in [2.24, 2.45) is 0 Å². The first-order chi connectivity index (χ1) is 10.1. The summed E-state index contributed by atoms with van der Waals surface area (Å²) in [5.41, 5.74) is 9.84. The summed E-state index contributed by atoms with van der Waals surface area (Å²) in [6, 6.07) is 13.4. The van der Waals surface area contributed by atoms with Gasteiger partial charge in [0.15, 0.2) is 0 Å². The molecule has 0 spiro atoms. The van der Waals surface area contributed by atoms with E-state index in [9.17, 15) is 4.79 Å². The second kappa shape index (κ2) is 6.79. The van der Waals surface area contributed by atoms with Crippen molar-refractivity contribution in [3.63, 3.8) is 0 Å². The smallest absolute Gasteiger partial charge is 0.340 e. The van der Waals surface area contributed by atoms with Crippen molar-refractivity contribution in [1.82, 2.24) is 0 Å². The minimum absolute atomic E-state index is 0.338. The average molecular weight is 284 g/mol. The number of hydrogen-bond acceptors (Lipinski definition) is 4. The number of nitrogens with two attached hydrogens (primary N) is 1. The second-order valence-corrected chi connectivity index (χ2v) is 4.87. The fourth-order valence-electron chi connectivity index (χ4n) is 2.11. The second-order valence-electron chi connectivity index (χ2n) is 4.87. The third-order valence-corrected chi connectivity index (χ3v) is 3.10. The normalized spacial score (nSPS) is 10.2. The van der Waals surface area contributed by atoms with Gasteiger partial charge >= 0.3 is 5.97 Å². The SMILES string of the molecule is CCOC(=O)c1cc(N)ccc1NCc1cccc(C)c1. The molecule has 0 atom stereocenters. The highest BCUT2D eigenvalue weighted by Gasteiger charge is 2.12. The van der Waals surface area contributed by atoms with E-state index in [0.717, 1.165) is 11.3 Å². The maximum absolute atomic E-state index is 12.0. The van der Waals surface area contributed by atoms with Crippen LogP contribution in [-0.2, 0) is 11.3 Å². The van der Waals surface area contributed by atoms with Gasteiger partial charge in [0, 0.05) is 17.9 Å². The van der Waals surface area contributed by atoms with Gasteiger partial charge in [-0.1, -0.05) is 29.8 Å². The highest BCUT2D eigenvalue weighted by atomic mass is 16.5. The van der Waals surface area contributed by atoms with Crippen molar-refractivity contribution in [3.05, 3.63) is 59.2 Å². The van der Waals surface area contributed by atoms with Crippen LogP contribution < -0.4 is 11.1 Å². The number of carbonyl (C=O) groups excluding carboxylic acids is 1. The number of nitrogens with one attached hydrogen (secondary N) is 1. The number of aryl methyl sites for hydroxylation is 1. The molecule has 0 amide bonds. The Morgan fingerprint density at radius 2 is 2.05 bits per heavy atom. The van der Waals surface area contributed by atoms with Crippen LogP contribution in [-0.4, -0.2) is 12.6 Å². The quantitative estimate of drug-likeness (QED) is 0.652. The van der Waals surface area contributed by atoms with Gasteiger partial charge in [-0.25, -0.2) is 4.79 Å². The van der Waals surface area contributed by atoms with Crippen LogP contribution in [0.25, 0.3) is 0 Å². The molecule has 0 bridgehead atoms. The van der Waals surface area contributed by atoms with Crippen molar-refractivity contribution in [1.29, 1.82) is 0 Å². The van der Waals surface area contributed by atoms with Gasteiger partial charge in [0.05, 0.1) is 12.2 Å². The Bertz CT molecular complexity index is 638. The Balaban J connectivity index is 2.17. The summed E-state index contributed by atoms with van der Waals surface area (Å²) in [4.78, 5) is 12.0.